The van der Waals surface area contributed by atoms with E-state index in [1.165, 1.54) is 22.3 Å². The second-order valence-electron chi connectivity index (χ2n) is 14.6. The molecular formula is C39H42Si4. The molecule has 1 aliphatic carbocycles. The van der Waals surface area contributed by atoms with Gasteiger partial charge in [0.1, 0.15) is 0 Å². The molecule has 3 aliphatic rings. The lowest BCUT2D eigenvalue weighted by molar-refractivity contribution is 0.759. The van der Waals surface area contributed by atoms with Crippen LogP contribution in [-0.2, 0) is 5.41 Å². The number of hydrogen-bond donors (Lipinski definition) is 0. The monoisotopic (exact) mass is 622 g/mol. The average Bonchev–Trinajstić information content (AvgIpc) is 3.69. The molecule has 7 rings (SSSR count). The van der Waals surface area contributed by atoms with Gasteiger partial charge in [0.2, 0.25) is 0 Å². The van der Waals surface area contributed by atoms with E-state index in [9.17, 15) is 0 Å². The van der Waals surface area contributed by atoms with E-state index in [1.54, 1.807) is 42.3 Å². The molecule has 0 fully saturated rings. The molecule has 0 saturated heterocycles. The fraction of sp³-hybridized carbons (Fsp3) is 0.179. The fourth-order valence-electron chi connectivity index (χ4n) is 7.46. The Morgan fingerprint density at radius 3 is 1.23 bits per heavy atom. The topological polar surface area (TPSA) is 0 Å². The van der Waals surface area contributed by atoms with Gasteiger partial charge in [0.25, 0.3) is 0 Å². The number of benzene rings is 4. The zero-order valence-corrected chi connectivity index (χ0v) is 31.3. The molecule has 214 valence electrons. The average molecular weight is 623 g/mol. The highest BCUT2D eigenvalue weighted by molar-refractivity contribution is 6.89. The molecule has 0 aromatic heterocycles. The molecule has 0 radical (unpaired) electrons. The van der Waals surface area contributed by atoms with Crippen LogP contribution in [0.3, 0.4) is 0 Å². The van der Waals surface area contributed by atoms with Crippen molar-refractivity contribution in [1.29, 1.82) is 0 Å². The van der Waals surface area contributed by atoms with Gasteiger partial charge in [-0.25, -0.2) is 0 Å². The van der Waals surface area contributed by atoms with Gasteiger partial charge in [-0.1, -0.05) is 192 Å². The van der Waals surface area contributed by atoms with Gasteiger partial charge in [0.05, 0.1) is 40.6 Å². The van der Waals surface area contributed by atoms with E-state index in [0.29, 0.717) is 0 Å². The van der Waals surface area contributed by atoms with Crippen molar-refractivity contribution in [3.8, 4) is 0 Å². The van der Waals surface area contributed by atoms with E-state index >= 15 is 0 Å². The Morgan fingerprint density at radius 1 is 0.465 bits per heavy atom. The van der Waals surface area contributed by atoms with Crippen LogP contribution in [0, 0.1) is 0 Å². The molecule has 0 unspecified atom stereocenters. The van der Waals surface area contributed by atoms with E-state index in [-0.39, 0.29) is 5.41 Å². The molecule has 43 heavy (non-hydrogen) atoms. The first-order valence-corrected chi connectivity index (χ1v) is 25.6. The van der Waals surface area contributed by atoms with E-state index in [2.05, 4.69) is 161 Å². The lowest BCUT2D eigenvalue weighted by atomic mass is 9.66. The summed E-state index contributed by atoms with van der Waals surface area (Å²) in [4.78, 5) is 0. The van der Waals surface area contributed by atoms with Crippen molar-refractivity contribution in [3.05, 3.63) is 165 Å². The zero-order chi connectivity index (χ0) is 30.0. The second-order valence-corrected chi connectivity index (χ2v) is 28.4. The van der Waals surface area contributed by atoms with Gasteiger partial charge < -0.3 is 0 Å². The Morgan fingerprint density at radius 2 is 0.860 bits per heavy atom. The van der Waals surface area contributed by atoms with Crippen molar-refractivity contribution < 1.29 is 0 Å². The normalized spacial score (nSPS) is 18.7. The first-order valence-electron chi connectivity index (χ1n) is 15.8. The molecule has 4 aromatic carbocycles. The molecular weight excluding hydrogens is 581 g/mol. The Hall–Kier alpha value is -3.29. The molecule has 0 nitrogen and oxygen atoms in total. The smallest absolute Gasteiger partial charge is 0.0656 e. The lowest BCUT2D eigenvalue weighted by Gasteiger charge is -2.35. The number of hydrogen-bond acceptors (Lipinski definition) is 0. The molecule has 0 amide bonds. The van der Waals surface area contributed by atoms with Crippen LogP contribution in [0.1, 0.15) is 22.3 Å². The summed E-state index contributed by atoms with van der Waals surface area (Å²) in [6.07, 6.45) is 5.30. The maximum atomic E-state index is 2.65. The van der Waals surface area contributed by atoms with Crippen molar-refractivity contribution in [2.24, 2.45) is 0 Å². The van der Waals surface area contributed by atoms with Crippen LogP contribution in [0.15, 0.2) is 143 Å². The van der Waals surface area contributed by atoms with Crippen LogP contribution in [0.4, 0.5) is 0 Å². The van der Waals surface area contributed by atoms with Gasteiger partial charge in [-0.05, 0) is 33.4 Å². The third-order valence-corrected chi connectivity index (χ3v) is 18.7. The van der Waals surface area contributed by atoms with Crippen molar-refractivity contribution in [2.75, 3.05) is 0 Å². The third kappa shape index (κ3) is 4.76. The Kier molecular flexibility index (Phi) is 6.89. The first-order chi connectivity index (χ1) is 20.6. The molecule has 0 bridgehead atoms. The van der Waals surface area contributed by atoms with Gasteiger partial charge in [-0.15, -0.1) is 0 Å². The molecule has 4 aromatic rings. The molecule has 0 N–H and O–H groups in total. The largest absolute Gasteiger partial charge is 0.0885 e. The number of fused-ring (bicyclic) bond motifs is 1. The van der Waals surface area contributed by atoms with E-state index in [0.717, 1.165) is 0 Å². The summed E-state index contributed by atoms with van der Waals surface area (Å²) in [5, 5.41) is 9.86. The van der Waals surface area contributed by atoms with Crippen molar-refractivity contribution in [3.63, 3.8) is 0 Å². The first kappa shape index (κ1) is 28.5. The van der Waals surface area contributed by atoms with E-state index in [4.69, 9.17) is 0 Å². The Labute approximate surface area is 264 Å². The predicted molar refractivity (Wildman–Crippen MR) is 200 cm³/mol. The van der Waals surface area contributed by atoms with Crippen LogP contribution >= 0.6 is 0 Å². The van der Waals surface area contributed by atoms with Crippen LogP contribution < -0.4 is 10.4 Å². The second kappa shape index (κ2) is 10.4. The van der Waals surface area contributed by atoms with Crippen LogP contribution in [0.25, 0.3) is 10.4 Å². The standard InChI is InChI=1S/C39H42Si4/c1-42(2,3)31-21-13-15-27(23-31)35-25-33-37(40-35)38-34(26-36(41-38)28-16-14-22-32(24-28)43(4,5)6)39(33,29-17-9-7-10-18-29)30-19-11-8-12-20-30/h7-26H,40-41H2,1-6H3. The van der Waals surface area contributed by atoms with Gasteiger partial charge >= 0.3 is 0 Å². The minimum absolute atomic E-state index is 0.247. The highest BCUT2D eigenvalue weighted by Crippen LogP contribution is 2.59. The number of rotatable bonds is 6. The highest BCUT2D eigenvalue weighted by Gasteiger charge is 2.51. The molecule has 0 spiro atoms. The Bertz CT molecular complexity index is 1720. The van der Waals surface area contributed by atoms with Crippen molar-refractivity contribution >= 4 is 56.0 Å². The maximum Gasteiger partial charge on any atom is 0.0885 e. The summed E-state index contributed by atoms with van der Waals surface area (Å²) < 4.78 is 0. The fourth-order valence-corrected chi connectivity index (χ4v) is 14.7. The van der Waals surface area contributed by atoms with Gasteiger partial charge in [-0.3, -0.25) is 0 Å². The molecule has 4 heteroatoms. The zero-order valence-electron chi connectivity index (χ0n) is 26.5. The molecule has 0 saturated carbocycles. The maximum absolute atomic E-state index is 2.65. The summed E-state index contributed by atoms with van der Waals surface area (Å²) in [5.41, 5.74) is 8.65. The van der Waals surface area contributed by atoms with Gasteiger partial charge in [0.15, 0.2) is 0 Å². The minimum Gasteiger partial charge on any atom is -0.0656 e. The van der Waals surface area contributed by atoms with E-state index in [1.807, 2.05) is 0 Å². The van der Waals surface area contributed by atoms with Crippen molar-refractivity contribution in [2.45, 2.75) is 44.7 Å². The predicted octanol–water partition coefficient (Wildman–Crippen LogP) is 7.03. The highest BCUT2D eigenvalue weighted by atomic mass is 28.3. The van der Waals surface area contributed by atoms with Crippen molar-refractivity contribution in [1.82, 2.24) is 0 Å². The van der Waals surface area contributed by atoms with Gasteiger partial charge in [-0.2, -0.15) is 0 Å². The summed E-state index contributed by atoms with van der Waals surface area (Å²) in [5.74, 6) is 0. The lowest BCUT2D eigenvalue weighted by Crippen LogP contribution is -2.37. The van der Waals surface area contributed by atoms with E-state index < -0.39 is 35.2 Å². The Balaban J connectivity index is 1.41. The van der Waals surface area contributed by atoms with Crippen LogP contribution in [0.5, 0.6) is 0 Å². The number of allylic oxidation sites excluding steroid dienone is 6. The summed E-state index contributed by atoms with van der Waals surface area (Å²) in [7, 11) is -4.05. The third-order valence-electron chi connectivity index (χ3n) is 9.81. The minimum atomic E-state index is -1.40. The van der Waals surface area contributed by atoms with Crippen LogP contribution in [0.2, 0.25) is 39.3 Å². The molecule has 2 aliphatic heterocycles. The van der Waals surface area contributed by atoms with Crippen LogP contribution in [-0.4, -0.2) is 35.2 Å². The summed E-state index contributed by atoms with van der Waals surface area (Å²) >= 11 is 0. The molecule has 0 atom stereocenters. The SMILES string of the molecule is C[Si](C)(C)c1cccc(C2=CC3=C([SiH2]2)C2=C(C=C(c4cccc([Si](C)(C)C)c4)[SiH2]2)C3(c2ccccc2)c2ccccc2)c1. The summed E-state index contributed by atoms with van der Waals surface area (Å²) in [6, 6.07) is 42.0. The molecule has 2 heterocycles. The quantitative estimate of drug-likeness (QED) is 0.203. The summed E-state index contributed by atoms with van der Waals surface area (Å²) in [6.45, 7) is 14.8. The van der Waals surface area contributed by atoms with Gasteiger partial charge in [0, 0.05) is 0 Å².